The van der Waals surface area contributed by atoms with E-state index in [0.717, 1.165) is 41.6 Å². The van der Waals surface area contributed by atoms with Crippen LogP contribution >= 0.6 is 22.6 Å². The van der Waals surface area contributed by atoms with Gasteiger partial charge in [0.1, 0.15) is 18.0 Å². The molecule has 0 aromatic heterocycles. The molecule has 2 amide bonds. The SMILES string of the molecule is CCCCCCCC(=O)N(CC1CCC2CC1C2(C)C)C1CC(C(=O)NCCO)=CC(Oc2ccccc2I)C1O. The third-order valence-corrected chi connectivity index (χ3v) is 10.9. The molecule has 0 saturated heterocycles. The molecule has 3 saturated carbocycles. The van der Waals surface area contributed by atoms with E-state index in [-0.39, 0.29) is 36.8 Å². The second-order valence-corrected chi connectivity index (χ2v) is 14.0. The summed E-state index contributed by atoms with van der Waals surface area (Å²) in [6.45, 7) is 7.51. The van der Waals surface area contributed by atoms with Crippen LogP contribution in [0.3, 0.4) is 0 Å². The number of hydrogen-bond donors (Lipinski definition) is 3. The lowest BCUT2D eigenvalue weighted by Gasteiger charge is -2.61. The average molecular weight is 681 g/mol. The Labute approximate surface area is 259 Å². The van der Waals surface area contributed by atoms with Crippen molar-refractivity contribution in [3.63, 3.8) is 0 Å². The second kappa shape index (κ2) is 14.7. The maximum Gasteiger partial charge on any atom is 0.247 e. The summed E-state index contributed by atoms with van der Waals surface area (Å²) >= 11 is 2.20. The molecular formula is C33H49IN2O5. The summed E-state index contributed by atoms with van der Waals surface area (Å²) in [6, 6.07) is 7.04. The van der Waals surface area contributed by atoms with Crippen molar-refractivity contribution in [2.75, 3.05) is 19.7 Å². The fourth-order valence-corrected chi connectivity index (χ4v) is 7.86. The largest absolute Gasteiger partial charge is 0.482 e. The lowest BCUT2D eigenvalue weighted by atomic mass is 9.45. The van der Waals surface area contributed by atoms with Crippen molar-refractivity contribution in [2.45, 2.75) is 103 Å². The molecule has 5 rings (SSSR count). The number of halogens is 1. The van der Waals surface area contributed by atoms with Crippen molar-refractivity contribution < 1.29 is 24.5 Å². The Morgan fingerprint density at radius 1 is 1.15 bits per heavy atom. The predicted molar refractivity (Wildman–Crippen MR) is 169 cm³/mol. The smallest absolute Gasteiger partial charge is 0.247 e. The lowest BCUT2D eigenvalue weighted by molar-refractivity contribution is -0.148. The van der Waals surface area contributed by atoms with Crippen molar-refractivity contribution in [2.24, 2.45) is 23.2 Å². The van der Waals surface area contributed by atoms with Crippen molar-refractivity contribution in [3.05, 3.63) is 39.5 Å². The first-order valence-electron chi connectivity index (χ1n) is 15.7. The molecule has 1 aromatic carbocycles. The number of ether oxygens (including phenoxy) is 1. The highest BCUT2D eigenvalue weighted by atomic mass is 127. The Morgan fingerprint density at radius 3 is 2.59 bits per heavy atom. The van der Waals surface area contributed by atoms with Gasteiger partial charge in [0, 0.05) is 31.5 Å². The minimum Gasteiger partial charge on any atom is -0.482 e. The molecule has 4 aliphatic carbocycles. The van der Waals surface area contributed by atoms with Gasteiger partial charge < -0.3 is 25.2 Å². The number of aliphatic hydroxyl groups excluding tert-OH is 2. The van der Waals surface area contributed by atoms with Crippen molar-refractivity contribution >= 4 is 34.4 Å². The van der Waals surface area contributed by atoms with Crippen LogP contribution < -0.4 is 10.1 Å². The molecule has 228 valence electrons. The first-order chi connectivity index (χ1) is 19.7. The molecule has 0 heterocycles. The molecule has 0 aliphatic heterocycles. The summed E-state index contributed by atoms with van der Waals surface area (Å²) < 4.78 is 7.23. The Morgan fingerprint density at radius 2 is 1.90 bits per heavy atom. The van der Waals surface area contributed by atoms with Crippen LogP contribution in [0.4, 0.5) is 0 Å². The summed E-state index contributed by atoms with van der Waals surface area (Å²) in [6.07, 6.45) is 9.47. The number of para-hydroxylation sites is 1. The second-order valence-electron chi connectivity index (χ2n) is 12.9. The van der Waals surface area contributed by atoms with E-state index < -0.39 is 18.2 Å². The van der Waals surface area contributed by atoms with Crippen LogP contribution in [-0.2, 0) is 9.59 Å². The van der Waals surface area contributed by atoms with Crippen molar-refractivity contribution in [1.82, 2.24) is 10.2 Å². The molecular weight excluding hydrogens is 631 g/mol. The van der Waals surface area contributed by atoms with Gasteiger partial charge in [0.2, 0.25) is 11.8 Å². The van der Waals surface area contributed by atoms with Crippen LogP contribution in [0.1, 0.15) is 85.0 Å². The third-order valence-electron chi connectivity index (χ3n) is 9.96. The van der Waals surface area contributed by atoms with E-state index in [4.69, 9.17) is 4.74 Å². The molecule has 0 radical (unpaired) electrons. The minimum atomic E-state index is -0.977. The molecule has 6 unspecified atom stereocenters. The summed E-state index contributed by atoms with van der Waals surface area (Å²) in [5, 5.41) is 23.8. The molecule has 4 aliphatic rings. The number of amides is 2. The van der Waals surface area contributed by atoms with Gasteiger partial charge in [0.25, 0.3) is 0 Å². The van der Waals surface area contributed by atoms with E-state index in [2.05, 4.69) is 48.7 Å². The number of carbonyl (C=O) groups excluding carboxylic acids is 2. The Bertz CT molecular complexity index is 1070. The number of aliphatic hydroxyl groups is 2. The van der Waals surface area contributed by atoms with E-state index in [0.29, 0.717) is 36.1 Å². The standard InChI is InChI=1S/C33H49IN2O5/c1-4-5-6-7-8-13-30(38)36(21-22-14-15-24-20-25(22)33(24,2)3)27-18-23(32(40)35-16-17-37)19-29(31(27)39)41-28-12-10-9-11-26(28)34/h9-12,19,22,24-25,27,29,31,37,39H,4-8,13-18,20-21H2,1-3H3,(H,35,40). The number of nitrogens with one attached hydrogen (secondary N) is 1. The third kappa shape index (κ3) is 7.66. The van der Waals surface area contributed by atoms with Crippen LogP contribution in [-0.4, -0.2) is 64.9 Å². The summed E-state index contributed by atoms with van der Waals surface area (Å²) in [7, 11) is 0. The molecule has 0 spiro atoms. The van der Waals surface area contributed by atoms with Crippen molar-refractivity contribution in [3.8, 4) is 5.75 Å². The molecule has 41 heavy (non-hydrogen) atoms. The number of hydrogen-bond acceptors (Lipinski definition) is 5. The zero-order valence-electron chi connectivity index (χ0n) is 25.0. The van der Waals surface area contributed by atoms with Gasteiger partial charge >= 0.3 is 0 Å². The van der Waals surface area contributed by atoms with Gasteiger partial charge in [0.15, 0.2) is 0 Å². The fourth-order valence-electron chi connectivity index (χ4n) is 7.35. The van der Waals surface area contributed by atoms with E-state index in [1.54, 1.807) is 6.08 Å². The quantitative estimate of drug-likeness (QED) is 0.179. The van der Waals surface area contributed by atoms with Crippen molar-refractivity contribution in [1.29, 1.82) is 0 Å². The van der Waals surface area contributed by atoms with Gasteiger partial charge in [-0.25, -0.2) is 0 Å². The van der Waals surface area contributed by atoms with Gasteiger partial charge in [0.05, 0.1) is 16.2 Å². The van der Waals surface area contributed by atoms with E-state index in [1.165, 1.54) is 19.3 Å². The van der Waals surface area contributed by atoms with Crippen LogP contribution in [0, 0.1) is 26.7 Å². The van der Waals surface area contributed by atoms with E-state index >= 15 is 0 Å². The molecule has 3 N–H and O–H groups in total. The number of carbonyl (C=O) groups is 2. The van der Waals surface area contributed by atoms with E-state index in [1.807, 2.05) is 29.2 Å². The Kier molecular flexibility index (Phi) is 11.6. The predicted octanol–water partition coefficient (Wildman–Crippen LogP) is 5.47. The molecule has 1 aromatic rings. The molecule has 6 atom stereocenters. The Balaban J connectivity index is 1.60. The maximum atomic E-state index is 14.0. The van der Waals surface area contributed by atoms with Gasteiger partial charge in [-0.05, 0) is 89.7 Å². The summed E-state index contributed by atoms with van der Waals surface area (Å²) in [5.74, 6) is 2.13. The number of fused-ring (bicyclic) bond motifs is 2. The summed E-state index contributed by atoms with van der Waals surface area (Å²) in [5.41, 5.74) is 0.770. The molecule has 8 heteroatoms. The first kappa shape index (κ1) is 32.3. The number of benzene rings is 1. The molecule has 2 bridgehead atoms. The van der Waals surface area contributed by atoms with E-state index in [9.17, 15) is 19.8 Å². The van der Waals surface area contributed by atoms with Gasteiger partial charge in [-0.15, -0.1) is 0 Å². The number of rotatable bonds is 14. The van der Waals surface area contributed by atoms with Gasteiger partial charge in [-0.1, -0.05) is 58.6 Å². The van der Waals surface area contributed by atoms with Gasteiger partial charge in [-0.2, -0.15) is 0 Å². The van der Waals surface area contributed by atoms with Crippen LogP contribution in [0.25, 0.3) is 0 Å². The van der Waals surface area contributed by atoms with Crippen LogP contribution in [0.2, 0.25) is 0 Å². The zero-order chi connectivity index (χ0) is 29.6. The highest BCUT2D eigenvalue weighted by molar-refractivity contribution is 14.1. The Hall–Kier alpha value is -1.65. The fraction of sp³-hybridized carbons (Fsp3) is 0.697. The van der Waals surface area contributed by atoms with Gasteiger partial charge in [-0.3, -0.25) is 9.59 Å². The normalized spacial score (nSPS) is 28.3. The molecule has 3 fully saturated rings. The lowest BCUT2D eigenvalue weighted by Crippen LogP contribution is -2.59. The van der Waals surface area contributed by atoms with Crippen LogP contribution in [0.15, 0.2) is 35.9 Å². The molecule has 7 nitrogen and oxygen atoms in total. The minimum absolute atomic E-state index is 0.0647. The average Bonchev–Trinajstić information content (AvgIpc) is 2.96. The zero-order valence-corrected chi connectivity index (χ0v) is 27.1. The number of nitrogens with zero attached hydrogens (tertiary/aromatic N) is 1. The highest BCUT2D eigenvalue weighted by Crippen LogP contribution is 2.61. The first-order valence-corrected chi connectivity index (χ1v) is 16.7. The van der Waals surface area contributed by atoms with Crippen LogP contribution in [0.5, 0.6) is 5.75 Å². The summed E-state index contributed by atoms with van der Waals surface area (Å²) in [4.78, 5) is 29.0. The monoisotopic (exact) mass is 680 g/mol. The highest BCUT2D eigenvalue weighted by Gasteiger charge is 2.55. The topological polar surface area (TPSA) is 99.1 Å². The number of unbranched alkanes of at least 4 members (excludes halogenated alkanes) is 4. The maximum absolute atomic E-state index is 14.0.